The average Bonchev–Trinajstić information content (AvgIpc) is 3.37. The van der Waals surface area contributed by atoms with Crippen molar-refractivity contribution in [1.82, 2.24) is 9.47 Å². The molecule has 0 aliphatic carbocycles. The fourth-order valence-electron chi connectivity index (χ4n) is 4.45. The van der Waals surface area contributed by atoms with Crippen LogP contribution in [0.2, 0.25) is 0 Å². The summed E-state index contributed by atoms with van der Waals surface area (Å²) in [5.74, 6) is -0.316. The summed E-state index contributed by atoms with van der Waals surface area (Å²) in [5, 5.41) is 4.07. The van der Waals surface area contributed by atoms with Crippen LogP contribution < -0.4 is 10.7 Å². The molecule has 0 unspecified atom stereocenters. The van der Waals surface area contributed by atoms with Gasteiger partial charge in [-0.15, -0.1) is 0 Å². The van der Waals surface area contributed by atoms with Crippen molar-refractivity contribution in [3.8, 4) is 0 Å². The van der Waals surface area contributed by atoms with E-state index >= 15 is 0 Å². The molecule has 0 radical (unpaired) electrons. The smallest absolute Gasteiger partial charge is 0.255 e. The van der Waals surface area contributed by atoms with Gasteiger partial charge in [0.1, 0.15) is 6.54 Å². The molecule has 2 heterocycles. The first-order valence-electron chi connectivity index (χ1n) is 10.8. The number of amides is 2. The highest BCUT2D eigenvalue weighted by Crippen LogP contribution is 2.22. The van der Waals surface area contributed by atoms with Gasteiger partial charge >= 0.3 is 0 Å². The van der Waals surface area contributed by atoms with Crippen molar-refractivity contribution in [2.45, 2.75) is 19.4 Å². The fraction of sp³-hybridized carbons (Fsp3) is 0.192. The molecule has 1 saturated heterocycles. The number of fused-ring (bicyclic) bond motifs is 2. The van der Waals surface area contributed by atoms with E-state index in [0.29, 0.717) is 33.1 Å². The lowest BCUT2D eigenvalue weighted by Crippen LogP contribution is -2.29. The van der Waals surface area contributed by atoms with Gasteiger partial charge in [0.2, 0.25) is 5.91 Å². The Balaban J connectivity index is 1.50. The van der Waals surface area contributed by atoms with E-state index in [2.05, 4.69) is 5.32 Å². The molecular formula is C26H23N3O3. The van der Waals surface area contributed by atoms with Crippen LogP contribution in [0.25, 0.3) is 21.8 Å². The second-order valence-corrected chi connectivity index (χ2v) is 8.04. The van der Waals surface area contributed by atoms with E-state index in [-0.39, 0.29) is 23.8 Å². The number of anilines is 1. The van der Waals surface area contributed by atoms with Crippen LogP contribution in [0, 0.1) is 0 Å². The summed E-state index contributed by atoms with van der Waals surface area (Å²) >= 11 is 0. The van der Waals surface area contributed by atoms with Gasteiger partial charge in [-0.25, -0.2) is 0 Å². The third kappa shape index (κ3) is 3.54. The van der Waals surface area contributed by atoms with Crippen molar-refractivity contribution in [2.24, 2.45) is 0 Å². The maximum Gasteiger partial charge on any atom is 0.255 e. The molecule has 1 aliphatic heterocycles. The van der Waals surface area contributed by atoms with Crippen LogP contribution >= 0.6 is 0 Å². The molecule has 0 bridgehead atoms. The van der Waals surface area contributed by atoms with Crippen LogP contribution in [0.15, 0.2) is 77.6 Å². The molecule has 1 fully saturated rings. The standard InChI is InChI=1S/C26H23N3O3/c30-24(27-21-12-4-1-9-18(21)26(32)28-15-7-8-16-28)17-29-22-13-5-2-10-19(22)25(31)20-11-3-6-14-23(20)29/h1-6,9-14H,7-8,15-17H2,(H,27,30). The Bertz CT molecular complexity index is 1340. The Kier molecular flexibility index (Phi) is 5.19. The maximum absolute atomic E-state index is 13.1. The minimum atomic E-state index is -0.259. The normalized spacial score (nSPS) is 13.6. The summed E-state index contributed by atoms with van der Waals surface area (Å²) in [6, 6.07) is 21.7. The van der Waals surface area contributed by atoms with E-state index in [1.165, 1.54) is 0 Å². The van der Waals surface area contributed by atoms with Gasteiger partial charge in [0.25, 0.3) is 5.91 Å². The Hall–Kier alpha value is -3.93. The molecule has 3 aromatic carbocycles. The third-order valence-corrected chi connectivity index (χ3v) is 6.01. The van der Waals surface area contributed by atoms with Gasteiger partial charge < -0.3 is 14.8 Å². The first kappa shape index (κ1) is 20.0. The highest BCUT2D eigenvalue weighted by Gasteiger charge is 2.22. The molecule has 1 N–H and O–H groups in total. The molecule has 1 aromatic heterocycles. The molecule has 6 nitrogen and oxygen atoms in total. The van der Waals surface area contributed by atoms with Gasteiger partial charge in [0.15, 0.2) is 5.43 Å². The van der Waals surface area contributed by atoms with Gasteiger partial charge in [0, 0.05) is 23.9 Å². The number of hydrogen-bond donors (Lipinski definition) is 1. The molecule has 5 rings (SSSR count). The van der Waals surface area contributed by atoms with Gasteiger partial charge in [-0.3, -0.25) is 14.4 Å². The summed E-state index contributed by atoms with van der Waals surface area (Å²) in [4.78, 5) is 40.8. The summed E-state index contributed by atoms with van der Waals surface area (Å²) in [6.07, 6.45) is 2.01. The van der Waals surface area contributed by atoms with E-state index in [1.807, 2.05) is 51.9 Å². The van der Waals surface area contributed by atoms with E-state index < -0.39 is 0 Å². The second kappa shape index (κ2) is 8.30. The Morgan fingerprint density at radius 1 is 0.781 bits per heavy atom. The highest BCUT2D eigenvalue weighted by atomic mass is 16.2. The summed E-state index contributed by atoms with van der Waals surface area (Å²) in [5.41, 5.74) is 2.36. The van der Waals surface area contributed by atoms with Crippen LogP contribution in [-0.2, 0) is 11.3 Å². The number of para-hydroxylation sites is 3. The molecule has 0 spiro atoms. The SMILES string of the molecule is O=C(Cn1c2ccccc2c(=O)c2ccccc21)Nc1ccccc1C(=O)N1CCCC1. The Labute approximate surface area is 185 Å². The zero-order chi connectivity index (χ0) is 22.1. The number of carbonyl (C=O) groups excluding carboxylic acids is 2. The number of rotatable bonds is 4. The summed E-state index contributed by atoms with van der Waals surface area (Å²) in [6.45, 7) is 1.51. The lowest BCUT2D eigenvalue weighted by atomic mass is 10.1. The van der Waals surface area contributed by atoms with Gasteiger partial charge in [0.05, 0.1) is 22.3 Å². The van der Waals surface area contributed by atoms with Gasteiger partial charge in [-0.05, 0) is 49.2 Å². The minimum Gasteiger partial charge on any atom is -0.339 e. The average molecular weight is 425 g/mol. The number of aromatic nitrogens is 1. The molecular weight excluding hydrogens is 402 g/mol. The largest absolute Gasteiger partial charge is 0.339 e. The molecule has 0 atom stereocenters. The topological polar surface area (TPSA) is 71.4 Å². The summed E-state index contributed by atoms with van der Waals surface area (Å²) < 4.78 is 1.85. The number of nitrogens with zero attached hydrogens (tertiary/aromatic N) is 2. The quantitative estimate of drug-likeness (QED) is 0.502. The third-order valence-electron chi connectivity index (χ3n) is 6.01. The summed E-state index contributed by atoms with van der Waals surface area (Å²) in [7, 11) is 0. The molecule has 1 aliphatic rings. The van der Waals surface area contributed by atoms with E-state index in [9.17, 15) is 14.4 Å². The van der Waals surface area contributed by atoms with Crippen molar-refractivity contribution in [1.29, 1.82) is 0 Å². The Morgan fingerprint density at radius 2 is 1.34 bits per heavy atom. The predicted octanol–water partition coefficient (Wildman–Crippen LogP) is 4.03. The van der Waals surface area contributed by atoms with Crippen molar-refractivity contribution < 1.29 is 9.59 Å². The van der Waals surface area contributed by atoms with Gasteiger partial charge in [-0.2, -0.15) is 0 Å². The second-order valence-electron chi connectivity index (χ2n) is 8.04. The lowest BCUT2D eigenvalue weighted by Gasteiger charge is -2.19. The minimum absolute atomic E-state index is 0.0214. The lowest BCUT2D eigenvalue weighted by molar-refractivity contribution is -0.116. The van der Waals surface area contributed by atoms with Gasteiger partial charge in [-0.1, -0.05) is 36.4 Å². The number of likely N-dealkylation sites (tertiary alicyclic amines) is 1. The number of pyridine rings is 1. The first-order valence-corrected chi connectivity index (χ1v) is 10.8. The van der Waals surface area contributed by atoms with Crippen molar-refractivity contribution in [3.63, 3.8) is 0 Å². The van der Waals surface area contributed by atoms with Crippen LogP contribution in [0.4, 0.5) is 5.69 Å². The molecule has 0 saturated carbocycles. The van der Waals surface area contributed by atoms with Crippen molar-refractivity contribution in [2.75, 3.05) is 18.4 Å². The van der Waals surface area contributed by atoms with Crippen molar-refractivity contribution >= 4 is 39.3 Å². The van der Waals surface area contributed by atoms with Crippen LogP contribution in [-0.4, -0.2) is 34.4 Å². The predicted molar refractivity (Wildman–Crippen MR) is 126 cm³/mol. The molecule has 32 heavy (non-hydrogen) atoms. The molecule has 4 aromatic rings. The number of benzene rings is 3. The zero-order valence-corrected chi connectivity index (χ0v) is 17.6. The van der Waals surface area contributed by atoms with E-state index in [1.54, 1.807) is 30.3 Å². The molecule has 2 amide bonds. The van der Waals surface area contributed by atoms with Crippen molar-refractivity contribution in [3.05, 3.63) is 88.6 Å². The monoisotopic (exact) mass is 425 g/mol. The van der Waals surface area contributed by atoms with E-state index in [4.69, 9.17) is 0 Å². The van der Waals surface area contributed by atoms with E-state index in [0.717, 1.165) is 25.9 Å². The fourth-order valence-corrected chi connectivity index (χ4v) is 4.45. The maximum atomic E-state index is 13.1. The number of carbonyl (C=O) groups is 2. The molecule has 6 heteroatoms. The Morgan fingerprint density at radius 3 is 2.00 bits per heavy atom. The van der Waals surface area contributed by atoms with Crippen LogP contribution in [0.5, 0.6) is 0 Å². The first-order chi connectivity index (χ1) is 15.6. The zero-order valence-electron chi connectivity index (χ0n) is 17.6. The van der Waals surface area contributed by atoms with Crippen LogP contribution in [0.3, 0.4) is 0 Å². The molecule has 160 valence electrons. The highest BCUT2D eigenvalue weighted by molar-refractivity contribution is 6.04. The number of hydrogen-bond acceptors (Lipinski definition) is 3. The van der Waals surface area contributed by atoms with Crippen LogP contribution in [0.1, 0.15) is 23.2 Å². The number of nitrogens with one attached hydrogen (secondary N) is 1.